The van der Waals surface area contributed by atoms with E-state index in [0.717, 1.165) is 0 Å². The Morgan fingerprint density at radius 3 is 1.37 bits per heavy atom. The van der Waals surface area contributed by atoms with E-state index in [1.165, 1.54) is 22.3 Å². The second-order valence-electron chi connectivity index (χ2n) is 10.7. The van der Waals surface area contributed by atoms with E-state index in [9.17, 15) is 0 Å². The third-order valence-corrected chi connectivity index (χ3v) is 43.7. The molecule has 0 nitrogen and oxygen atoms in total. The Labute approximate surface area is 214 Å². The standard InChI is InChI=1S/C13H9.2C9H7.C2H7Si.Zr/c1-3-7-12-10(5-1)9-11-6-2-4-8-13(11)12;2*1-2-5-9-7-3-6-8(9)4-1;1-3-2;/h1-9H;2*1-7H;3H,1-2H3;. The molecule has 0 fully saturated rings. The first-order valence-electron chi connectivity index (χ1n) is 12.9. The molecule has 7 rings (SSSR count). The van der Waals surface area contributed by atoms with Crippen LogP contribution in [0.3, 0.4) is 0 Å². The van der Waals surface area contributed by atoms with E-state index >= 15 is 0 Å². The van der Waals surface area contributed by atoms with Crippen LogP contribution in [0.15, 0.2) is 109 Å². The van der Waals surface area contributed by atoms with Crippen molar-refractivity contribution in [2.45, 2.75) is 24.0 Å². The van der Waals surface area contributed by atoms with Crippen LogP contribution >= 0.6 is 0 Å². The van der Waals surface area contributed by atoms with Gasteiger partial charge in [0.2, 0.25) is 0 Å². The molecule has 0 radical (unpaired) electrons. The average molecular weight is 546 g/mol. The summed E-state index contributed by atoms with van der Waals surface area (Å²) in [7, 11) is 0. The van der Waals surface area contributed by atoms with Gasteiger partial charge in [-0.3, -0.25) is 0 Å². The molecule has 2 heteroatoms. The molecule has 170 valence electrons. The molecule has 0 bridgehead atoms. The maximum absolute atomic E-state index is 3.24. The van der Waals surface area contributed by atoms with E-state index in [4.69, 9.17) is 0 Å². The van der Waals surface area contributed by atoms with Crippen LogP contribution in [0, 0.1) is 0 Å². The van der Waals surface area contributed by atoms with E-state index in [1.54, 1.807) is 22.3 Å². The normalized spacial score (nSPS) is 21.0. The second kappa shape index (κ2) is 8.26. The van der Waals surface area contributed by atoms with Crippen molar-refractivity contribution in [3.63, 3.8) is 0 Å². The molecule has 4 aromatic carbocycles. The summed E-state index contributed by atoms with van der Waals surface area (Å²) in [5.41, 5.74) is 12.3. The summed E-state index contributed by atoms with van der Waals surface area (Å²) in [6, 6.07) is 37.2. The van der Waals surface area contributed by atoms with E-state index in [0.29, 0.717) is 10.9 Å². The SMILES string of the molecule is C[SiH](C)[Zr]([CH]1C=Cc2ccccc21)([CH]1C=Cc2ccccc21)[CH]1c2ccccc2-c2ccccc21. The van der Waals surface area contributed by atoms with Crippen LogP contribution in [-0.4, -0.2) is 5.92 Å². The Hall–Kier alpha value is -2.54. The summed E-state index contributed by atoms with van der Waals surface area (Å²) < 4.78 is 1.76. The fourth-order valence-electron chi connectivity index (χ4n) is 7.67. The molecule has 3 aliphatic carbocycles. The van der Waals surface area contributed by atoms with Crippen molar-refractivity contribution in [2.24, 2.45) is 0 Å². The van der Waals surface area contributed by atoms with Crippen molar-refractivity contribution in [3.05, 3.63) is 143 Å². The van der Waals surface area contributed by atoms with Gasteiger partial charge in [0.15, 0.2) is 0 Å². The minimum atomic E-state index is -3.24. The molecular formula is C33H30SiZr. The van der Waals surface area contributed by atoms with Gasteiger partial charge in [0.05, 0.1) is 0 Å². The number of allylic oxidation sites excluding steroid dienone is 2. The first-order valence-corrected chi connectivity index (χ1v) is 24.3. The summed E-state index contributed by atoms with van der Waals surface area (Å²) in [6.45, 7) is 5.40. The van der Waals surface area contributed by atoms with Gasteiger partial charge in [-0.05, 0) is 0 Å². The molecule has 2 atom stereocenters. The maximum atomic E-state index is 2.70. The first-order chi connectivity index (χ1) is 17.2. The minimum absolute atomic E-state index is 0.574. The summed E-state index contributed by atoms with van der Waals surface area (Å²) in [5, 5.41) is 0. The third-order valence-electron chi connectivity index (χ3n) is 9.01. The Morgan fingerprint density at radius 1 is 0.514 bits per heavy atom. The van der Waals surface area contributed by atoms with E-state index < -0.39 is 25.4 Å². The Balaban J connectivity index is 1.57. The average Bonchev–Trinajstić information content (AvgIpc) is 3.60. The molecule has 0 N–H and O–H groups in total. The molecule has 4 aromatic rings. The Bertz CT molecular complexity index is 1400. The molecule has 0 amide bonds. The number of fused-ring (bicyclic) bond motifs is 5. The summed E-state index contributed by atoms with van der Waals surface area (Å²) in [5.74, 6) is -1.11. The van der Waals surface area contributed by atoms with Gasteiger partial charge in [-0.1, -0.05) is 0 Å². The van der Waals surface area contributed by atoms with Crippen molar-refractivity contribution in [3.8, 4) is 11.1 Å². The Morgan fingerprint density at radius 2 is 0.914 bits per heavy atom. The zero-order chi connectivity index (χ0) is 23.6. The third kappa shape index (κ3) is 3.00. The number of benzene rings is 4. The van der Waals surface area contributed by atoms with Gasteiger partial charge in [0.25, 0.3) is 0 Å². The van der Waals surface area contributed by atoms with Crippen molar-refractivity contribution < 1.29 is 19.4 Å². The first kappa shape index (κ1) is 21.7. The quantitative estimate of drug-likeness (QED) is 0.226. The van der Waals surface area contributed by atoms with Crippen LogP contribution in [0.1, 0.15) is 44.3 Å². The van der Waals surface area contributed by atoms with Crippen LogP contribution in [0.2, 0.25) is 13.1 Å². The van der Waals surface area contributed by atoms with Gasteiger partial charge in [-0.15, -0.1) is 0 Å². The van der Waals surface area contributed by atoms with Crippen LogP contribution in [0.25, 0.3) is 23.3 Å². The van der Waals surface area contributed by atoms with Gasteiger partial charge in [0, 0.05) is 0 Å². The molecular weight excluding hydrogens is 516 g/mol. The molecule has 2 unspecified atom stereocenters. The molecule has 0 saturated carbocycles. The van der Waals surface area contributed by atoms with Crippen molar-refractivity contribution in [1.82, 2.24) is 0 Å². The van der Waals surface area contributed by atoms with E-state index in [1.807, 2.05) is 0 Å². The van der Waals surface area contributed by atoms with E-state index in [2.05, 4.69) is 134 Å². The summed E-state index contributed by atoms with van der Waals surface area (Å²) in [6.07, 6.45) is 10.2. The van der Waals surface area contributed by atoms with Crippen molar-refractivity contribution in [1.29, 1.82) is 0 Å². The topological polar surface area (TPSA) is 0 Å². The molecule has 0 aliphatic heterocycles. The van der Waals surface area contributed by atoms with Gasteiger partial charge in [0.1, 0.15) is 0 Å². The van der Waals surface area contributed by atoms with Gasteiger partial charge in [-0.2, -0.15) is 0 Å². The number of hydrogen-bond donors (Lipinski definition) is 0. The molecule has 0 aromatic heterocycles. The second-order valence-corrected chi connectivity index (χ2v) is 36.8. The molecule has 0 spiro atoms. The molecule has 3 aliphatic rings. The van der Waals surface area contributed by atoms with Crippen LogP contribution in [0.4, 0.5) is 0 Å². The monoisotopic (exact) mass is 544 g/mol. The van der Waals surface area contributed by atoms with Crippen molar-refractivity contribution in [2.75, 3.05) is 0 Å². The van der Waals surface area contributed by atoms with Crippen LogP contribution in [-0.2, 0) is 19.4 Å². The van der Waals surface area contributed by atoms with Gasteiger partial charge >= 0.3 is 215 Å². The zero-order valence-corrected chi connectivity index (χ0v) is 24.0. The van der Waals surface area contributed by atoms with Crippen molar-refractivity contribution >= 4 is 18.1 Å². The summed E-state index contributed by atoms with van der Waals surface area (Å²) in [4.78, 5) is 0. The van der Waals surface area contributed by atoms with Crippen LogP contribution < -0.4 is 0 Å². The molecule has 0 saturated heterocycles. The zero-order valence-electron chi connectivity index (χ0n) is 20.4. The molecule has 35 heavy (non-hydrogen) atoms. The predicted molar refractivity (Wildman–Crippen MR) is 149 cm³/mol. The number of rotatable bonds is 4. The van der Waals surface area contributed by atoms with E-state index in [-0.39, 0.29) is 0 Å². The van der Waals surface area contributed by atoms with Gasteiger partial charge in [-0.25, -0.2) is 0 Å². The Kier molecular flexibility index (Phi) is 5.12. The van der Waals surface area contributed by atoms with Gasteiger partial charge < -0.3 is 0 Å². The predicted octanol–water partition coefficient (Wildman–Crippen LogP) is 8.43. The molecule has 0 heterocycles. The fraction of sp³-hybridized carbons (Fsp3) is 0.152. The fourth-order valence-corrected chi connectivity index (χ4v) is 43.5. The summed E-state index contributed by atoms with van der Waals surface area (Å²) >= 11 is -3.24. The van der Waals surface area contributed by atoms with Crippen LogP contribution in [0.5, 0.6) is 0 Å². The number of hydrogen-bond acceptors (Lipinski definition) is 0.